The zero-order valence-corrected chi connectivity index (χ0v) is 12.9. The fourth-order valence-electron chi connectivity index (χ4n) is 2.20. The number of rotatable bonds is 3. The lowest BCUT2D eigenvalue weighted by atomic mass is 10.2. The summed E-state index contributed by atoms with van der Waals surface area (Å²) < 4.78 is 7.10. The number of hydrogen-bond donors (Lipinski definition) is 0. The van der Waals surface area contributed by atoms with E-state index in [1.54, 1.807) is 10.8 Å². The Hall–Kier alpha value is -2.67. The molecule has 0 atom stereocenters. The fourth-order valence-corrected chi connectivity index (χ4v) is 3.04. The second-order valence-electron chi connectivity index (χ2n) is 5.04. The SMILES string of the molecule is CN(C)c1ccc(-c2nn3c(-c4ccco4)nnc3s2)cc1. The summed E-state index contributed by atoms with van der Waals surface area (Å²) in [6, 6.07) is 11.9. The van der Waals surface area contributed by atoms with Crippen molar-refractivity contribution in [3.8, 4) is 22.2 Å². The molecule has 0 saturated heterocycles. The highest BCUT2D eigenvalue weighted by Crippen LogP contribution is 2.29. The molecule has 0 aliphatic carbocycles. The normalized spacial score (nSPS) is 11.2. The molecule has 22 heavy (non-hydrogen) atoms. The molecule has 7 heteroatoms. The average Bonchev–Trinajstić information content (AvgIpc) is 3.23. The highest BCUT2D eigenvalue weighted by Gasteiger charge is 2.15. The van der Waals surface area contributed by atoms with Gasteiger partial charge in [-0.25, -0.2) is 0 Å². The fraction of sp³-hybridized carbons (Fsp3) is 0.133. The van der Waals surface area contributed by atoms with E-state index in [9.17, 15) is 0 Å². The molecule has 3 heterocycles. The number of fused-ring (bicyclic) bond motifs is 1. The van der Waals surface area contributed by atoms with Crippen LogP contribution in [-0.4, -0.2) is 33.9 Å². The summed E-state index contributed by atoms with van der Waals surface area (Å²) in [5, 5.41) is 13.8. The molecule has 1 aromatic carbocycles. The molecule has 0 aliphatic rings. The Morgan fingerprint density at radius 2 is 1.91 bits per heavy atom. The van der Waals surface area contributed by atoms with E-state index < -0.39 is 0 Å². The molecule has 0 saturated carbocycles. The first-order valence-corrected chi connectivity index (χ1v) is 7.58. The average molecular weight is 311 g/mol. The molecule has 0 spiro atoms. The third kappa shape index (κ3) is 2.06. The van der Waals surface area contributed by atoms with Crippen molar-refractivity contribution in [2.24, 2.45) is 0 Å². The van der Waals surface area contributed by atoms with Crippen molar-refractivity contribution in [2.45, 2.75) is 0 Å². The van der Waals surface area contributed by atoms with E-state index in [0.29, 0.717) is 11.6 Å². The molecule has 0 radical (unpaired) electrons. The Labute approximate surface area is 130 Å². The predicted octanol–water partition coefficient (Wildman–Crippen LogP) is 3.18. The van der Waals surface area contributed by atoms with Crippen LogP contribution in [0, 0.1) is 0 Å². The highest BCUT2D eigenvalue weighted by atomic mass is 32.1. The first kappa shape index (κ1) is 13.0. The van der Waals surface area contributed by atoms with Gasteiger partial charge in [-0.15, -0.1) is 10.2 Å². The zero-order valence-electron chi connectivity index (χ0n) is 12.1. The zero-order chi connectivity index (χ0) is 15.1. The summed E-state index contributed by atoms with van der Waals surface area (Å²) in [5.74, 6) is 1.28. The van der Waals surface area contributed by atoms with E-state index in [0.717, 1.165) is 21.2 Å². The molecule has 0 bridgehead atoms. The molecule has 3 aromatic heterocycles. The van der Waals surface area contributed by atoms with Crippen LogP contribution in [0.4, 0.5) is 5.69 Å². The number of benzene rings is 1. The maximum Gasteiger partial charge on any atom is 0.235 e. The minimum Gasteiger partial charge on any atom is -0.461 e. The lowest BCUT2D eigenvalue weighted by Gasteiger charge is -2.11. The smallest absolute Gasteiger partial charge is 0.235 e. The maximum atomic E-state index is 5.38. The minimum atomic E-state index is 0.618. The topological polar surface area (TPSA) is 59.5 Å². The van der Waals surface area contributed by atoms with Crippen molar-refractivity contribution in [1.29, 1.82) is 0 Å². The van der Waals surface area contributed by atoms with E-state index in [2.05, 4.69) is 44.5 Å². The van der Waals surface area contributed by atoms with Crippen molar-refractivity contribution >= 4 is 22.0 Å². The van der Waals surface area contributed by atoms with Gasteiger partial charge in [-0.2, -0.15) is 9.61 Å². The monoisotopic (exact) mass is 311 g/mol. The van der Waals surface area contributed by atoms with Crippen LogP contribution in [-0.2, 0) is 0 Å². The molecule has 6 nitrogen and oxygen atoms in total. The molecule has 4 rings (SSSR count). The van der Waals surface area contributed by atoms with Gasteiger partial charge in [0.1, 0.15) is 5.01 Å². The van der Waals surface area contributed by atoms with Gasteiger partial charge < -0.3 is 9.32 Å². The second-order valence-corrected chi connectivity index (χ2v) is 6.00. The van der Waals surface area contributed by atoms with Crippen LogP contribution >= 0.6 is 11.3 Å². The Bertz CT molecular complexity index is 905. The first-order chi connectivity index (χ1) is 10.7. The summed E-state index contributed by atoms with van der Waals surface area (Å²) >= 11 is 1.51. The quantitative estimate of drug-likeness (QED) is 0.581. The van der Waals surface area contributed by atoms with E-state index in [1.807, 2.05) is 26.2 Å². The van der Waals surface area contributed by atoms with Gasteiger partial charge >= 0.3 is 0 Å². The summed E-state index contributed by atoms with van der Waals surface area (Å²) in [4.78, 5) is 2.82. The van der Waals surface area contributed by atoms with Gasteiger partial charge in [0, 0.05) is 25.3 Å². The van der Waals surface area contributed by atoms with E-state index >= 15 is 0 Å². The first-order valence-electron chi connectivity index (χ1n) is 6.76. The van der Waals surface area contributed by atoms with Crippen LogP contribution in [0.25, 0.3) is 27.1 Å². The Balaban J connectivity index is 1.77. The second kappa shape index (κ2) is 4.96. The molecule has 110 valence electrons. The van der Waals surface area contributed by atoms with Gasteiger partial charge in [-0.1, -0.05) is 11.3 Å². The van der Waals surface area contributed by atoms with Crippen LogP contribution in [0.3, 0.4) is 0 Å². The number of furan rings is 1. The van der Waals surface area contributed by atoms with E-state index in [-0.39, 0.29) is 0 Å². The van der Waals surface area contributed by atoms with Crippen LogP contribution < -0.4 is 4.90 Å². The lowest BCUT2D eigenvalue weighted by molar-refractivity contribution is 0.575. The molecule has 0 unspecified atom stereocenters. The molecule has 0 aliphatic heterocycles. The van der Waals surface area contributed by atoms with Gasteiger partial charge in [0.15, 0.2) is 5.76 Å². The van der Waals surface area contributed by atoms with Gasteiger partial charge in [0.25, 0.3) is 0 Å². The molecule has 4 aromatic rings. The lowest BCUT2D eigenvalue weighted by Crippen LogP contribution is -2.07. The molecular weight excluding hydrogens is 298 g/mol. The number of hydrogen-bond acceptors (Lipinski definition) is 6. The summed E-state index contributed by atoms with van der Waals surface area (Å²) in [7, 11) is 4.04. The molecular formula is C15H13N5OS. The van der Waals surface area contributed by atoms with Crippen molar-refractivity contribution in [1.82, 2.24) is 19.8 Å². The van der Waals surface area contributed by atoms with Crippen LogP contribution in [0.15, 0.2) is 47.1 Å². The Morgan fingerprint density at radius 3 is 2.59 bits per heavy atom. The predicted molar refractivity (Wildman–Crippen MR) is 86.1 cm³/mol. The summed E-state index contributed by atoms with van der Waals surface area (Å²) in [6.07, 6.45) is 1.61. The number of aromatic nitrogens is 4. The van der Waals surface area contributed by atoms with Crippen molar-refractivity contribution in [3.05, 3.63) is 42.7 Å². The van der Waals surface area contributed by atoms with Crippen molar-refractivity contribution in [3.63, 3.8) is 0 Å². The van der Waals surface area contributed by atoms with Crippen molar-refractivity contribution in [2.75, 3.05) is 19.0 Å². The third-order valence-corrected chi connectivity index (χ3v) is 4.31. The third-order valence-electron chi connectivity index (χ3n) is 3.36. The van der Waals surface area contributed by atoms with Crippen molar-refractivity contribution < 1.29 is 4.42 Å². The van der Waals surface area contributed by atoms with Gasteiger partial charge in [0.2, 0.25) is 10.8 Å². The maximum absolute atomic E-state index is 5.38. The van der Waals surface area contributed by atoms with E-state index in [4.69, 9.17) is 4.42 Å². The van der Waals surface area contributed by atoms with Gasteiger partial charge in [-0.05, 0) is 36.4 Å². The minimum absolute atomic E-state index is 0.618. The van der Waals surface area contributed by atoms with Gasteiger partial charge in [0.05, 0.1) is 6.26 Å². The van der Waals surface area contributed by atoms with E-state index in [1.165, 1.54) is 11.3 Å². The summed E-state index contributed by atoms with van der Waals surface area (Å²) in [6.45, 7) is 0. The highest BCUT2D eigenvalue weighted by molar-refractivity contribution is 7.19. The molecule has 0 fully saturated rings. The van der Waals surface area contributed by atoms with Gasteiger partial charge in [-0.3, -0.25) is 0 Å². The molecule has 0 amide bonds. The number of nitrogens with zero attached hydrogens (tertiary/aromatic N) is 5. The molecule has 0 N–H and O–H groups in total. The van der Waals surface area contributed by atoms with Crippen LogP contribution in [0.2, 0.25) is 0 Å². The van der Waals surface area contributed by atoms with Crippen LogP contribution in [0.5, 0.6) is 0 Å². The number of anilines is 1. The largest absolute Gasteiger partial charge is 0.461 e. The standard InChI is InChI=1S/C15H13N5OS/c1-19(2)11-7-5-10(6-8-11)14-18-20-13(12-4-3-9-21-12)16-17-15(20)22-14/h3-9H,1-2H3. The Morgan fingerprint density at radius 1 is 1.09 bits per heavy atom. The van der Waals surface area contributed by atoms with Crippen LogP contribution in [0.1, 0.15) is 0 Å². The Kier molecular flexibility index (Phi) is 2.93. The summed E-state index contributed by atoms with van der Waals surface area (Å²) in [5.41, 5.74) is 2.22.